The summed E-state index contributed by atoms with van der Waals surface area (Å²) in [5, 5.41) is 2.99. The van der Waals surface area contributed by atoms with Gasteiger partial charge in [0.1, 0.15) is 0 Å². The van der Waals surface area contributed by atoms with E-state index in [1.807, 2.05) is 36.4 Å². The summed E-state index contributed by atoms with van der Waals surface area (Å²) in [6.07, 6.45) is 5.37. The van der Waals surface area contributed by atoms with Crippen LogP contribution in [-0.4, -0.2) is 11.3 Å². The van der Waals surface area contributed by atoms with E-state index in [0.29, 0.717) is 0 Å². The summed E-state index contributed by atoms with van der Waals surface area (Å²) in [4.78, 5) is 6.08. The largest absolute Gasteiger partial charge is 0.358 e. The smallest absolute Gasteiger partial charge is 0.156 e. The van der Waals surface area contributed by atoms with E-state index in [1.165, 1.54) is 0 Å². The molecule has 1 unspecified atom stereocenters. The minimum Gasteiger partial charge on any atom is -0.358 e. The molecule has 0 aromatic carbocycles. The van der Waals surface area contributed by atoms with Crippen molar-refractivity contribution in [1.29, 1.82) is 0 Å². The molecular weight excluding hydrogens is 164 g/mol. The van der Waals surface area contributed by atoms with Gasteiger partial charge in [-0.1, -0.05) is 0 Å². The Bertz CT molecular complexity index is 334. The number of nitrogens with zero attached hydrogens (tertiary/aromatic N) is 2. The zero-order valence-corrected chi connectivity index (χ0v) is 7.44. The van der Waals surface area contributed by atoms with Gasteiger partial charge in [-0.05, 0) is 19.1 Å². The molecule has 0 amide bonds. The van der Waals surface area contributed by atoms with E-state index in [-0.39, 0.29) is 6.29 Å². The van der Waals surface area contributed by atoms with E-state index < -0.39 is 0 Å². The van der Waals surface area contributed by atoms with Gasteiger partial charge in [0.2, 0.25) is 0 Å². The Kier molecular flexibility index (Phi) is 1.90. The predicted molar refractivity (Wildman–Crippen MR) is 51.7 cm³/mol. The summed E-state index contributed by atoms with van der Waals surface area (Å²) in [7, 11) is 0. The summed E-state index contributed by atoms with van der Waals surface area (Å²) in [6.45, 7) is 1.96. The zero-order valence-electron chi connectivity index (χ0n) is 7.44. The van der Waals surface area contributed by atoms with Crippen molar-refractivity contribution in [3.05, 3.63) is 36.4 Å². The van der Waals surface area contributed by atoms with Gasteiger partial charge in [0.05, 0.1) is 0 Å². The molecule has 4 nitrogen and oxygen atoms in total. The van der Waals surface area contributed by atoms with Crippen LogP contribution in [0.3, 0.4) is 0 Å². The lowest BCUT2D eigenvalue weighted by Crippen LogP contribution is -2.43. The van der Waals surface area contributed by atoms with Crippen LogP contribution in [0.1, 0.15) is 5.69 Å². The summed E-state index contributed by atoms with van der Waals surface area (Å²) < 4.78 is 0. The fourth-order valence-electron chi connectivity index (χ4n) is 1.33. The number of aromatic nitrogens is 1. The van der Waals surface area contributed by atoms with Crippen molar-refractivity contribution < 1.29 is 0 Å². The van der Waals surface area contributed by atoms with Gasteiger partial charge in [-0.2, -0.15) is 0 Å². The molecule has 1 aliphatic heterocycles. The SMILES string of the molecule is Cc1cc(N2C=CNC2N)ccn1. The van der Waals surface area contributed by atoms with Crippen LogP contribution in [0, 0.1) is 6.92 Å². The van der Waals surface area contributed by atoms with Gasteiger partial charge in [0, 0.05) is 30.0 Å². The van der Waals surface area contributed by atoms with E-state index in [0.717, 1.165) is 11.4 Å². The van der Waals surface area contributed by atoms with Crippen molar-refractivity contribution >= 4 is 5.69 Å². The maximum absolute atomic E-state index is 5.79. The molecular formula is C9H12N4. The summed E-state index contributed by atoms with van der Waals surface area (Å²) in [6, 6.07) is 3.93. The molecule has 1 aliphatic rings. The Morgan fingerprint density at radius 3 is 3.08 bits per heavy atom. The minimum atomic E-state index is -0.165. The first-order chi connectivity index (χ1) is 6.27. The van der Waals surface area contributed by atoms with Crippen molar-refractivity contribution in [3.8, 4) is 0 Å². The highest BCUT2D eigenvalue weighted by atomic mass is 15.4. The van der Waals surface area contributed by atoms with Gasteiger partial charge in [-0.25, -0.2) is 0 Å². The van der Waals surface area contributed by atoms with Crippen LogP contribution in [0.15, 0.2) is 30.7 Å². The van der Waals surface area contributed by atoms with Gasteiger partial charge in [-0.3, -0.25) is 10.7 Å². The molecule has 2 heterocycles. The van der Waals surface area contributed by atoms with E-state index in [1.54, 1.807) is 6.20 Å². The van der Waals surface area contributed by atoms with Crippen LogP contribution >= 0.6 is 0 Å². The third-order valence-corrected chi connectivity index (χ3v) is 1.98. The normalized spacial score (nSPS) is 20.5. The number of rotatable bonds is 1. The maximum Gasteiger partial charge on any atom is 0.156 e. The number of pyridine rings is 1. The number of nitrogens with two attached hydrogens (primary N) is 1. The van der Waals surface area contributed by atoms with Crippen LogP contribution in [0.5, 0.6) is 0 Å². The first-order valence-electron chi connectivity index (χ1n) is 4.17. The van der Waals surface area contributed by atoms with E-state index in [4.69, 9.17) is 5.73 Å². The van der Waals surface area contributed by atoms with Crippen molar-refractivity contribution in [1.82, 2.24) is 10.3 Å². The molecule has 4 heteroatoms. The fourth-order valence-corrected chi connectivity index (χ4v) is 1.33. The van der Waals surface area contributed by atoms with Gasteiger partial charge in [0.25, 0.3) is 0 Å². The Morgan fingerprint density at radius 2 is 2.46 bits per heavy atom. The minimum absolute atomic E-state index is 0.165. The Labute approximate surface area is 77.1 Å². The average Bonchev–Trinajstić information content (AvgIpc) is 2.51. The Morgan fingerprint density at radius 1 is 1.62 bits per heavy atom. The molecule has 1 atom stereocenters. The van der Waals surface area contributed by atoms with Crippen LogP contribution < -0.4 is 16.0 Å². The van der Waals surface area contributed by atoms with Crippen LogP contribution in [0.2, 0.25) is 0 Å². The second kappa shape index (κ2) is 3.06. The molecule has 13 heavy (non-hydrogen) atoms. The lowest BCUT2D eigenvalue weighted by molar-refractivity contribution is 0.652. The van der Waals surface area contributed by atoms with Crippen molar-refractivity contribution in [2.24, 2.45) is 5.73 Å². The highest BCUT2D eigenvalue weighted by Crippen LogP contribution is 2.17. The molecule has 0 fully saturated rings. The number of hydrogen-bond donors (Lipinski definition) is 2. The quantitative estimate of drug-likeness (QED) is 0.654. The van der Waals surface area contributed by atoms with Gasteiger partial charge in [0.15, 0.2) is 6.29 Å². The second-order valence-electron chi connectivity index (χ2n) is 2.99. The third kappa shape index (κ3) is 1.48. The molecule has 0 spiro atoms. The molecule has 1 aromatic heterocycles. The number of anilines is 1. The predicted octanol–water partition coefficient (Wildman–Crippen LogP) is 0.513. The van der Waals surface area contributed by atoms with Crippen molar-refractivity contribution in [2.45, 2.75) is 13.2 Å². The van der Waals surface area contributed by atoms with E-state index >= 15 is 0 Å². The second-order valence-corrected chi connectivity index (χ2v) is 2.99. The Hall–Kier alpha value is -1.55. The standard InChI is InChI=1S/C9H12N4/c1-7-6-8(2-3-11-7)13-5-4-12-9(13)10/h2-6,9,12H,10H2,1H3. The molecule has 3 N–H and O–H groups in total. The van der Waals surface area contributed by atoms with Gasteiger partial charge >= 0.3 is 0 Å². The van der Waals surface area contributed by atoms with Crippen LogP contribution in [0.4, 0.5) is 5.69 Å². The summed E-state index contributed by atoms with van der Waals surface area (Å²) in [5.74, 6) is 0. The van der Waals surface area contributed by atoms with Crippen molar-refractivity contribution in [3.63, 3.8) is 0 Å². The van der Waals surface area contributed by atoms with Crippen LogP contribution in [-0.2, 0) is 0 Å². The van der Waals surface area contributed by atoms with E-state index in [9.17, 15) is 0 Å². The number of aryl methyl sites for hydroxylation is 1. The van der Waals surface area contributed by atoms with Gasteiger partial charge < -0.3 is 10.2 Å². The fraction of sp³-hybridized carbons (Fsp3) is 0.222. The third-order valence-electron chi connectivity index (χ3n) is 1.98. The summed E-state index contributed by atoms with van der Waals surface area (Å²) in [5.41, 5.74) is 7.84. The molecule has 0 bridgehead atoms. The first-order valence-corrected chi connectivity index (χ1v) is 4.17. The highest BCUT2D eigenvalue weighted by molar-refractivity contribution is 5.51. The average molecular weight is 176 g/mol. The summed E-state index contributed by atoms with van der Waals surface area (Å²) >= 11 is 0. The topological polar surface area (TPSA) is 54.2 Å². The van der Waals surface area contributed by atoms with Gasteiger partial charge in [-0.15, -0.1) is 0 Å². The molecule has 2 rings (SSSR count). The lowest BCUT2D eigenvalue weighted by atomic mass is 10.3. The monoisotopic (exact) mass is 176 g/mol. The maximum atomic E-state index is 5.79. The lowest BCUT2D eigenvalue weighted by Gasteiger charge is -2.21. The molecule has 0 saturated carbocycles. The molecule has 0 aliphatic carbocycles. The highest BCUT2D eigenvalue weighted by Gasteiger charge is 2.14. The zero-order chi connectivity index (χ0) is 9.26. The number of nitrogens with one attached hydrogen (secondary N) is 1. The van der Waals surface area contributed by atoms with Crippen LogP contribution in [0.25, 0.3) is 0 Å². The molecule has 0 radical (unpaired) electrons. The molecule has 68 valence electrons. The molecule has 0 saturated heterocycles. The van der Waals surface area contributed by atoms with E-state index in [2.05, 4.69) is 10.3 Å². The first kappa shape index (κ1) is 8.07. The Balaban J connectivity index is 2.29. The van der Waals surface area contributed by atoms with Crippen molar-refractivity contribution in [2.75, 3.05) is 4.90 Å². The number of hydrogen-bond acceptors (Lipinski definition) is 4. The molecule has 1 aromatic rings.